The van der Waals surface area contributed by atoms with Gasteiger partial charge in [-0.2, -0.15) is 0 Å². The minimum Gasteiger partial charge on any atom is -0.508 e. The van der Waals surface area contributed by atoms with Gasteiger partial charge in [0.15, 0.2) is 6.23 Å². The number of aromatic hydroxyl groups is 1. The highest BCUT2D eigenvalue weighted by Gasteiger charge is 2.19. The van der Waals surface area contributed by atoms with Crippen LogP contribution in [0, 0.1) is 0 Å². The molecule has 1 saturated heterocycles. The van der Waals surface area contributed by atoms with E-state index in [4.69, 9.17) is 15.2 Å². The van der Waals surface area contributed by atoms with Crippen molar-refractivity contribution in [3.63, 3.8) is 0 Å². The van der Waals surface area contributed by atoms with Gasteiger partial charge in [-0.25, -0.2) is 0 Å². The molecular formula is C36H37N3O4S. The largest absolute Gasteiger partial charge is 0.508 e. The smallest absolute Gasteiger partial charge is 0.268 e. The number of nitrogens with two attached hydrogens (primary N) is 1. The first-order valence-corrected chi connectivity index (χ1v) is 15.7. The minimum atomic E-state index is -1.09. The van der Waals surface area contributed by atoms with Crippen LogP contribution in [-0.2, 0) is 29.1 Å². The summed E-state index contributed by atoms with van der Waals surface area (Å²) in [6, 6.07) is 29.4. The number of hydrogen-bond acceptors (Lipinski definition) is 7. The van der Waals surface area contributed by atoms with Crippen LogP contribution >= 0.6 is 11.3 Å². The number of nitrogens with zero attached hydrogens (tertiary/aromatic N) is 1. The molecule has 2 heterocycles. The van der Waals surface area contributed by atoms with Crippen molar-refractivity contribution in [3.8, 4) is 21.9 Å². The van der Waals surface area contributed by atoms with Crippen LogP contribution in [0.25, 0.3) is 20.5 Å². The second-order valence-electron chi connectivity index (χ2n) is 11.2. The molecule has 6 rings (SSSR count). The molecule has 1 unspecified atom stereocenters. The summed E-state index contributed by atoms with van der Waals surface area (Å²) in [5.74, 6) is 0.752. The first kappa shape index (κ1) is 29.8. The summed E-state index contributed by atoms with van der Waals surface area (Å²) in [6.45, 7) is 3.44. The lowest BCUT2D eigenvalue weighted by molar-refractivity contribution is -0.127. The highest BCUT2D eigenvalue weighted by atomic mass is 32.1. The molecule has 1 aromatic heterocycles. The lowest BCUT2D eigenvalue weighted by Crippen LogP contribution is -2.37. The van der Waals surface area contributed by atoms with Gasteiger partial charge in [-0.3, -0.25) is 15.4 Å². The average molecular weight is 608 g/mol. The van der Waals surface area contributed by atoms with Crippen molar-refractivity contribution in [2.75, 3.05) is 25.5 Å². The molecule has 4 aromatic carbocycles. The molecule has 8 heteroatoms. The van der Waals surface area contributed by atoms with Gasteiger partial charge in [-0.05, 0) is 96.4 Å². The second-order valence-corrected chi connectivity index (χ2v) is 12.2. The summed E-state index contributed by atoms with van der Waals surface area (Å²) in [5.41, 5.74) is 12.2. The van der Waals surface area contributed by atoms with Gasteiger partial charge in [0.2, 0.25) is 0 Å². The van der Waals surface area contributed by atoms with E-state index in [2.05, 4.69) is 28.4 Å². The van der Waals surface area contributed by atoms with E-state index in [1.807, 2.05) is 66.7 Å². The van der Waals surface area contributed by atoms with Crippen LogP contribution in [0.3, 0.4) is 0 Å². The van der Waals surface area contributed by atoms with Crippen molar-refractivity contribution in [2.24, 2.45) is 5.73 Å². The zero-order valence-corrected chi connectivity index (χ0v) is 25.6. The molecule has 0 bridgehead atoms. The normalized spacial score (nSPS) is 14.1. The fourth-order valence-electron chi connectivity index (χ4n) is 5.72. The van der Waals surface area contributed by atoms with Crippen LogP contribution in [0.4, 0.5) is 5.69 Å². The van der Waals surface area contributed by atoms with E-state index in [-0.39, 0.29) is 12.4 Å². The van der Waals surface area contributed by atoms with E-state index in [0.29, 0.717) is 12.1 Å². The van der Waals surface area contributed by atoms with Crippen LogP contribution in [-0.4, -0.2) is 42.3 Å². The molecule has 1 aliphatic rings. The number of ether oxygens (including phenoxy) is 2. The number of nitrogens with one attached hydrogen (secondary N) is 1. The Labute approximate surface area is 261 Å². The topological polar surface area (TPSA) is 97.0 Å². The van der Waals surface area contributed by atoms with Gasteiger partial charge in [0, 0.05) is 27.4 Å². The summed E-state index contributed by atoms with van der Waals surface area (Å²) >= 11 is 1.65. The van der Waals surface area contributed by atoms with Crippen molar-refractivity contribution in [3.05, 3.63) is 113 Å². The number of methoxy groups -OCH3 is 1. The molecule has 5 aromatic rings. The Morgan fingerprint density at radius 3 is 2.50 bits per heavy atom. The predicted molar refractivity (Wildman–Crippen MR) is 177 cm³/mol. The first-order chi connectivity index (χ1) is 21.5. The van der Waals surface area contributed by atoms with E-state index in [1.54, 1.807) is 24.5 Å². The summed E-state index contributed by atoms with van der Waals surface area (Å²) in [5, 5.41) is 14.2. The number of fused-ring (bicyclic) bond motifs is 1. The number of phenols is 1. The second kappa shape index (κ2) is 13.6. The van der Waals surface area contributed by atoms with E-state index >= 15 is 0 Å². The standard InChI is InChI=1S/C36H37N3O4S/c1-42-32-20-25(9-10-27(32)22-39-17-5-6-18-39)19-31-30-16-15-29(40)21-33(30)44-34(31)26-11-13-28(14-12-26)38-36(41)35(37)43-23-24-7-3-2-4-8-24/h2-4,7-16,20-21,35,40H,5-6,17-19,22-23,37H2,1H3,(H,38,41). The maximum atomic E-state index is 12.7. The number of anilines is 1. The third-order valence-corrected chi connectivity index (χ3v) is 9.29. The number of likely N-dealkylation sites (tertiary alicyclic amines) is 1. The SMILES string of the molecule is COc1cc(Cc2c(-c3ccc(NC(=O)C(N)OCc4ccccc4)cc3)sc3cc(O)ccc23)ccc1CN1CCCC1. The van der Waals surface area contributed by atoms with Gasteiger partial charge < -0.3 is 19.9 Å². The van der Waals surface area contributed by atoms with Crippen LogP contribution in [0.15, 0.2) is 91.0 Å². The number of carbonyl (C=O) groups is 1. The Bertz CT molecular complexity index is 1730. The Morgan fingerprint density at radius 1 is 0.977 bits per heavy atom. The Hall–Kier alpha value is -4.21. The maximum absolute atomic E-state index is 12.7. The van der Waals surface area contributed by atoms with E-state index in [0.717, 1.165) is 57.0 Å². The first-order valence-electron chi connectivity index (χ1n) is 14.9. The zero-order valence-electron chi connectivity index (χ0n) is 24.8. The minimum absolute atomic E-state index is 0.244. The van der Waals surface area contributed by atoms with E-state index in [9.17, 15) is 9.90 Å². The quantitative estimate of drug-likeness (QED) is 0.141. The Balaban J connectivity index is 1.21. The predicted octanol–water partition coefficient (Wildman–Crippen LogP) is 6.91. The molecule has 0 saturated carbocycles. The number of thiophene rings is 1. The molecule has 1 fully saturated rings. The number of hydrogen-bond donors (Lipinski definition) is 3. The summed E-state index contributed by atoms with van der Waals surface area (Å²) in [6.07, 6.45) is 2.14. The summed E-state index contributed by atoms with van der Waals surface area (Å²) in [7, 11) is 1.74. The molecule has 0 spiro atoms. The maximum Gasteiger partial charge on any atom is 0.268 e. The zero-order chi connectivity index (χ0) is 30.5. The number of rotatable bonds is 11. The average Bonchev–Trinajstić information content (AvgIpc) is 3.69. The van der Waals surface area contributed by atoms with E-state index < -0.39 is 12.1 Å². The third-order valence-electron chi connectivity index (χ3n) is 8.05. The lowest BCUT2D eigenvalue weighted by Gasteiger charge is -2.18. The summed E-state index contributed by atoms with van der Waals surface area (Å²) in [4.78, 5) is 16.3. The molecular weight excluding hydrogens is 570 g/mol. The highest BCUT2D eigenvalue weighted by molar-refractivity contribution is 7.22. The van der Waals surface area contributed by atoms with Gasteiger partial charge in [0.25, 0.3) is 5.91 Å². The van der Waals surface area contributed by atoms with Gasteiger partial charge in [0.1, 0.15) is 11.5 Å². The third kappa shape index (κ3) is 6.95. The van der Waals surface area contributed by atoms with Crippen molar-refractivity contribution in [1.82, 2.24) is 4.90 Å². The molecule has 1 amide bonds. The molecule has 0 radical (unpaired) electrons. The monoisotopic (exact) mass is 607 g/mol. The Kier molecular flexibility index (Phi) is 9.23. The molecule has 0 aliphatic carbocycles. The number of amides is 1. The van der Waals surface area contributed by atoms with Crippen LogP contribution in [0.5, 0.6) is 11.5 Å². The number of phenolic OH excluding ortho intramolecular Hbond substituents is 1. The van der Waals surface area contributed by atoms with Crippen molar-refractivity contribution < 1.29 is 19.4 Å². The molecule has 7 nitrogen and oxygen atoms in total. The number of carbonyl (C=O) groups excluding carboxylic acids is 1. The van der Waals surface area contributed by atoms with Gasteiger partial charge >= 0.3 is 0 Å². The van der Waals surface area contributed by atoms with Crippen molar-refractivity contribution in [2.45, 2.75) is 38.6 Å². The van der Waals surface area contributed by atoms with Crippen molar-refractivity contribution >= 4 is 33.0 Å². The van der Waals surface area contributed by atoms with Gasteiger partial charge in [0.05, 0.1) is 13.7 Å². The molecule has 226 valence electrons. The Morgan fingerprint density at radius 2 is 1.75 bits per heavy atom. The molecule has 1 aliphatic heterocycles. The van der Waals surface area contributed by atoms with Crippen molar-refractivity contribution in [1.29, 1.82) is 0 Å². The molecule has 44 heavy (non-hydrogen) atoms. The van der Waals surface area contributed by atoms with Gasteiger partial charge in [-0.1, -0.05) is 54.6 Å². The van der Waals surface area contributed by atoms with Gasteiger partial charge in [-0.15, -0.1) is 11.3 Å². The van der Waals surface area contributed by atoms with Crippen LogP contribution in [0.2, 0.25) is 0 Å². The molecule has 1 atom stereocenters. The van der Waals surface area contributed by atoms with Crippen LogP contribution < -0.4 is 15.8 Å². The molecule has 4 N–H and O–H groups in total. The fourth-order valence-corrected chi connectivity index (χ4v) is 6.98. The van der Waals surface area contributed by atoms with Crippen LogP contribution in [0.1, 0.15) is 35.1 Å². The number of benzene rings is 4. The highest BCUT2D eigenvalue weighted by Crippen LogP contribution is 2.42. The van der Waals surface area contributed by atoms with E-state index in [1.165, 1.54) is 24.0 Å². The fraction of sp³-hybridized carbons (Fsp3) is 0.250. The lowest BCUT2D eigenvalue weighted by atomic mass is 9.97. The summed E-state index contributed by atoms with van der Waals surface area (Å²) < 4.78 is 12.4.